The van der Waals surface area contributed by atoms with Crippen LogP contribution in [0.25, 0.3) is 0 Å². The molecule has 0 rings (SSSR count). The fourth-order valence-electron chi connectivity index (χ4n) is 0.518. The molecule has 0 radical (unpaired) electrons. The number of hydrogen-bond acceptors (Lipinski definition) is 2. The first kappa shape index (κ1) is 11.7. The zero-order chi connectivity index (χ0) is 6.41. The average molecular weight is 134 g/mol. The fraction of sp³-hybridized carbons (Fsp3) is 1.00. The highest BCUT2D eigenvalue weighted by molar-refractivity contribution is 4.26. The van der Waals surface area contributed by atoms with Gasteiger partial charge in [-0.05, 0) is 20.8 Å². The molecule has 0 heterocycles. The lowest BCUT2D eigenvalue weighted by Gasteiger charge is -2.09. The average Bonchev–Trinajstić information content (AvgIpc) is 1.68. The normalized spacial score (nSPS) is 9.33. The molecule has 9 heavy (non-hydrogen) atoms. The highest BCUT2D eigenvalue weighted by Crippen LogP contribution is 1.90. The van der Waals surface area contributed by atoms with Crippen LogP contribution in [0.2, 0.25) is 0 Å². The van der Waals surface area contributed by atoms with Crippen LogP contribution < -0.4 is 0 Å². The van der Waals surface area contributed by atoms with Crippen molar-refractivity contribution < 1.29 is 9.47 Å². The molecule has 0 aliphatic heterocycles. The molecule has 0 aromatic rings. The number of rotatable bonds is 4. The summed E-state index contributed by atoms with van der Waals surface area (Å²) in [5, 5.41) is 0. The first-order valence-electron chi connectivity index (χ1n) is 3.04. The van der Waals surface area contributed by atoms with Gasteiger partial charge in [0.15, 0.2) is 6.29 Å². The fourth-order valence-corrected chi connectivity index (χ4v) is 0.518. The molecular formula is C7H18O2. The summed E-state index contributed by atoms with van der Waals surface area (Å²) in [6.45, 7) is 7.25. The summed E-state index contributed by atoms with van der Waals surface area (Å²) in [5.74, 6) is 0. The smallest absolute Gasteiger partial charge is 0.154 e. The zero-order valence-corrected chi connectivity index (χ0v) is 5.81. The largest absolute Gasteiger partial charge is 0.353 e. The SMILES string of the molecule is C.CCOC(C)OCC. The van der Waals surface area contributed by atoms with Gasteiger partial charge in [0.25, 0.3) is 0 Å². The molecule has 58 valence electrons. The lowest BCUT2D eigenvalue weighted by molar-refractivity contribution is -0.123. The van der Waals surface area contributed by atoms with E-state index < -0.39 is 0 Å². The van der Waals surface area contributed by atoms with E-state index in [4.69, 9.17) is 9.47 Å². The van der Waals surface area contributed by atoms with Crippen LogP contribution in [0.15, 0.2) is 0 Å². The minimum Gasteiger partial charge on any atom is -0.353 e. The molecule has 0 aromatic heterocycles. The summed E-state index contributed by atoms with van der Waals surface area (Å²) in [4.78, 5) is 0. The summed E-state index contributed by atoms with van der Waals surface area (Å²) < 4.78 is 10.1. The van der Waals surface area contributed by atoms with E-state index >= 15 is 0 Å². The maximum absolute atomic E-state index is 5.06. The Labute approximate surface area is 58.2 Å². The lowest BCUT2D eigenvalue weighted by Crippen LogP contribution is -2.11. The minimum atomic E-state index is -0.0370. The maximum atomic E-state index is 5.06. The third-order valence-electron chi connectivity index (χ3n) is 0.803. The molecule has 0 aliphatic rings. The zero-order valence-electron chi connectivity index (χ0n) is 5.81. The molecule has 0 aliphatic carbocycles. The van der Waals surface area contributed by atoms with Crippen LogP contribution in [0, 0.1) is 0 Å². The van der Waals surface area contributed by atoms with Gasteiger partial charge in [-0.15, -0.1) is 0 Å². The second-order valence-corrected chi connectivity index (χ2v) is 1.48. The van der Waals surface area contributed by atoms with E-state index in [1.54, 1.807) is 0 Å². The number of hydrogen-bond donors (Lipinski definition) is 0. The van der Waals surface area contributed by atoms with Gasteiger partial charge >= 0.3 is 0 Å². The van der Waals surface area contributed by atoms with E-state index in [1.165, 1.54) is 0 Å². The van der Waals surface area contributed by atoms with E-state index in [0.29, 0.717) is 0 Å². The molecule has 0 unspecified atom stereocenters. The van der Waals surface area contributed by atoms with Gasteiger partial charge in [0.2, 0.25) is 0 Å². The topological polar surface area (TPSA) is 18.5 Å². The summed E-state index contributed by atoms with van der Waals surface area (Å²) in [6, 6.07) is 0. The van der Waals surface area contributed by atoms with Crippen LogP contribution >= 0.6 is 0 Å². The van der Waals surface area contributed by atoms with Gasteiger partial charge in [0.1, 0.15) is 0 Å². The summed E-state index contributed by atoms with van der Waals surface area (Å²) in [5.41, 5.74) is 0. The Morgan fingerprint density at radius 3 is 1.67 bits per heavy atom. The van der Waals surface area contributed by atoms with Crippen LogP contribution in [-0.2, 0) is 9.47 Å². The van der Waals surface area contributed by atoms with Crippen LogP contribution in [0.1, 0.15) is 28.2 Å². The van der Waals surface area contributed by atoms with E-state index in [1.807, 2.05) is 20.8 Å². The molecule has 0 spiro atoms. The van der Waals surface area contributed by atoms with Crippen molar-refractivity contribution in [2.75, 3.05) is 13.2 Å². The third kappa shape index (κ3) is 7.92. The van der Waals surface area contributed by atoms with Gasteiger partial charge in [-0.3, -0.25) is 0 Å². The summed E-state index contributed by atoms with van der Waals surface area (Å²) in [6.07, 6.45) is -0.0370. The Kier molecular flexibility index (Phi) is 10.3. The Morgan fingerprint density at radius 1 is 1.11 bits per heavy atom. The summed E-state index contributed by atoms with van der Waals surface area (Å²) >= 11 is 0. The first-order valence-corrected chi connectivity index (χ1v) is 3.04. The standard InChI is InChI=1S/C6H14O2.CH4/c1-4-7-6(3)8-5-2;/h6H,4-5H2,1-3H3;1H4. The molecule has 0 bridgehead atoms. The summed E-state index contributed by atoms with van der Waals surface area (Å²) in [7, 11) is 0. The predicted octanol–water partition coefficient (Wildman–Crippen LogP) is 2.04. The van der Waals surface area contributed by atoms with Crippen molar-refractivity contribution in [3.05, 3.63) is 0 Å². The number of ether oxygens (including phenoxy) is 2. The molecule has 0 saturated heterocycles. The molecule has 2 heteroatoms. The Hall–Kier alpha value is -0.0800. The van der Waals surface area contributed by atoms with Crippen molar-refractivity contribution in [1.82, 2.24) is 0 Å². The van der Waals surface area contributed by atoms with Crippen LogP contribution in [-0.4, -0.2) is 19.5 Å². The second kappa shape index (κ2) is 7.92. The highest BCUT2D eigenvalue weighted by Gasteiger charge is 1.94. The maximum Gasteiger partial charge on any atom is 0.154 e. The van der Waals surface area contributed by atoms with Crippen molar-refractivity contribution in [1.29, 1.82) is 0 Å². The van der Waals surface area contributed by atoms with Gasteiger partial charge in [0.05, 0.1) is 0 Å². The molecule has 0 N–H and O–H groups in total. The van der Waals surface area contributed by atoms with Gasteiger partial charge < -0.3 is 9.47 Å². The van der Waals surface area contributed by atoms with Crippen LogP contribution in [0.4, 0.5) is 0 Å². The minimum absolute atomic E-state index is 0. The van der Waals surface area contributed by atoms with Crippen molar-refractivity contribution in [3.63, 3.8) is 0 Å². The Morgan fingerprint density at radius 2 is 1.44 bits per heavy atom. The van der Waals surface area contributed by atoms with E-state index in [2.05, 4.69) is 0 Å². The van der Waals surface area contributed by atoms with Crippen LogP contribution in [0.3, 0.4) is 0 Å². The highest BCUT2D eigenvalue weighted by atomic mass is 16.7. The Balaban J connectivity index is 0. The monoisotopic (exact) mass is 134 g/mol. The van der Waals surface area contributed by atoms with E-state index in [-0.39, 0.29) is 13.7 Å². The molecule has 2 nitrogen and oxygen atoms in total. The van der Waals surface area contributed by atoms with Crippen molar-refractivity contribution in [3.8, 4) is 0 Å². The van der Waals surface area contributed by atoms with Crippen molar-refractivity contribution >= 4 is 0 Å². The molecule has 0 fully saturated rings. The van der Waals surface area contributed by atoms with Crippen LogP contribution in [0.5, 0.6) is 0 Å². The molecule has 0 aromatic carbocycles. The molecular weight excluding hydrogens is 116 g/mol. The molecule has 0 atom stereocenters. The second-order valence-electron chi connectivity index (χ2n) is 1.48. The van der Waals surface area contributed by atoms with Gasteiger partial charge in [-0.2, -0.15) is 0 Å². The quantitative estimate of drug-likeness (QED) is 0.548. The predicted molar refractivity (Wildman–Crippen MR) is 39.4 cm³/mol. The third-order valence-corrected chi connectivity index (χ3v) is 0.803. The van der Waals surface area contributed by atoms with Crippen molar-refractivity contribution in [2.24, 2.45) is 0 Å². The lowest BCUT2D eigenvalue weighted by atomic mass is 10.7. The first-order chi connectivity index (χ1) is 3.81. The van der Waals surface area contributed by atoms with Gasteiger partial charge in [0, 0.05) is 13.2 Å². The van der Waals surface area contributed by atoms with Crippen molar-refractivity contribution in [2.45, 2.75) is 34.5 Å². The van der Waals surface area contributed by atoms with E-state index in [9.17, 15) is 0 Å². The Bertz CT molecular complexity index is 40.2. The molecule has 0 saturated carbocycles. The van der Waals surface area contributed by atoms with Gasteiger partial charge in [-0.25, -0.2) is 0 Å². The van der Waals surface area contributed by atoms with Gasteiger partial charge in [-0.1, -0.05) is 7.43 Å². The van der Waals surface area contributed by atoms with E-state index in [0.717, 1.165) is 13.2 Å². The molecule has 0 amide bonds.